The van der Waals surface area contributed by atoms with Gasteiger partial charge >= 0.3 is 5.97 Å². The lowest BCUT2D eigenvalue weighted by molar-refractivity contribution is -0.146. The molecule has 0 aromatic heterocycles. The van der Waals surface area contributed by atoms with Crippen LogP contribution in [-0.4, -0.2) is 12.6 Å². The van der Waals surface area contributed by atoms with Crippen LogP contribution < -0.4 is 0 Å². The van der Waals surface area contributed by atoms with Gasteiger partial charge in [-0.3, -0.25) is 4.79 Å². The van der Waals surface area contributed by atoms with Crippen molar-refractivity contribution in [1.82, 2.24) is 0 Å². The van der Waals surface area contributed by atoms with E-state index in [1.165, 1.54) is 0 Å². The SMILES string of the molecule is [CH2]C(C)C(=O)OCCCC. The lowest BCUT2D eigenvalue weighted by Crippen LogP contribution is -2.12. The van der Waals surface area contributed by atoms with E-state index < -0.39 is 0 Å². The zero-order chi connectivity index (χ0) is 7.98. The van der Waals surface area contributed by atoms with Crippen LogP contribution in [0.25, 0.3) is 0 Å². The normalized spacial score (nSPS) is 10.0. The lowest BCUT2D eigenvalue weighted by atomic mass is 10.2. The van der Waals surface area contributed by atoms with E-state index in [9.17, 15) is 4.79 Å². The molecule has 0 aliphatic heterocycles. The first-order chi connectivity index (χ1) is 4.68. The minimum absolute atomic E-state index is 0.201. The highest BCUT2D eigenvalue weighted by Gasteiger charge is 2.06. The van der Waals surface area contributed by atoms with Gasteiger partial charge in [0.15, 0.2) is 0 Å². The molecule has 0 amide bonds. The van der Waals surface area contributed by atoms with Crippen LogP contribution in [0.3, 0.4) is 0 Å². The summed E-state index contributed by atoms with van der Waals surface area (Å²) in [5.74, 6) is -0.440. The standard InChI is InChI=1S/C8H15O2/c1-4-5-6-10-8(9)7(2)3/h7H,2,4-6H2,1,3H3. The summed E-state index contributed by atoms with van der Waals surface area (Å²) in [7, 11) is 0. The molecule has 0 heterocycles. The van der Waals surface area contributed by atoms with E-state index in [-0.39, 0.29) is 11.9 Å². The maximum Gasteiger partial charge on any atom is 0.308 e. The van der Waals surface area contributed by atoms with Crippen molar-refractivity contribution in [3.8, 4) is 0 Å². The van der Waals surface area contributed by atoms with Gasteiger partial charge in [-0.05, 0) is 13.3 Å². The maximum absolute atomic E-state index is 10.7. The Hall–Kier alpha value is -0.530. The molecule has 0 bridgehead atoms. The number of carbonyl (C=O) groups excluding carboxylic acids is 1. The lowest BCUT2D eigenvalue weighted by Gasteiger charge is -2.04. The summed E-state index contributed by atoms with van der Waals surface area (Å²) < 4.78 is 4.84. The fourth-order valence-corrected chi connectivity index (χ4v) is 0.459. The van der Waals surface area contributed by atoms with Crippen molar-refractivity contribution >= 4 is 5.97 Å². The fraction of sp³-hybridized carbons (Fsp3) is 0.750. The Kier molecular flexibility index (Phi) is 4.99. The summed E-state index contributed by atoms with van der Waals surface area (Å²) >= 11 is 0. The van der Waals surface area contributed by atoms with Gasteiger partial charge in [0.1, 0.15) is 0 Å². The Morgan fingerprint density at radius 2 is 2.30 bits per heavy atom. The largest absolute Gasteiger partial charge is 0.465 e. The number of esters is 1. The number of hydrogen-bond donors (Lipinski definition) is 0. The molecule has 0 fully saturated rings. The Morgan fingerprint density at radius 3 is 2.70 bits per heavy atom. The van der Waals surface area contributed by atoms with Crippen LogP contribution in [0.4, 0.5) is 0 Å². The van der Waals surface area contributed by atoms with Gasteiger partial charge in [0, 0.05) is 0 Å². The summed E-state index contributed by atoms with van der Waals surface area (Å²) in [5, 5.41) is 0. The van der Waals surface area contributed by atoms with E-state index >= 15 is 0 Å². The van der Waals surface area contributed by atoms with Crippen LogP contribution in [0.15, 0.2) is 0 Å². The van der Waals surface area contributed by atoms with E-state index in [0.717, 1.165) is 12.8 Å². The summed E-state index contributed by atoms with van der Waals surface area (Å²) in [5.41, 5.74) is 0. The van der Waals surface area contributed by atoms with Crippen molar-refractivity contribution in [2.45, 2.75) is 26.7 Å². The zero-order valence-electron chi connectivity index (χ0n) is 6.72. The van der Waals surface area contributed by atoms with Gasteiger partial charge in [-0.25, -0.2) is 0 Å². The minimum atomic E-state index is -0.239. The van der Waals surface area contributed by atoms with Crippen LogP contribution in [0, 0.1) is 12.8 Å². The first-order valence-electron chi connectivity index (χ1n) is 3.68. The molecule has 0 rings (SSSR count). The van der Waals surface area contributed by atoms with Crippen molar-refractivity contribution in [2.24, 2.45) is 5.92 Å². The second-order valence-electron chi connectivity index (χ2n) is 2.42. The molecule has 1 radical (unpaired) electrons. The smallest absolute Gasteiger partial charge is 0.308 e. The van der Waals surface area contributed by atoms with Crippen LogP contribution in [0.5, 0.6) is 0 Å². The molecule has 0 N–H and O–H groups in total. The van der Waals surface area contributed by atoms with Crippen molar-refractivity contribution in [2.75, 3.05) is 6.61 Å². The van der Waals surface area contributed by atoms with E-state index in [1.54, 1.807) is 6.92 Å². The van der Waals surface area contributed by atoms with Gasteiger partial charge in [0.25, 0.3) is 0 Å². The average molecular weight is 143 g/mol. The summed E-state index contributed by atoms with van der Waals surface area (Å²) in [4.78, 5) is 10.7. The molecule has 0 saturated carbocycles. The van der Waals surface area contributed by atoms with E-state index in [4.69, 9.17) is 4.74 Å². The Bertz CT molecular complexity index is 97.4. The average Bonchev–Trinajstić information content (AvgIpc) is 1.88. The molecule has 0 spiro atoms. The maximum atomic E-state index is 10.7. The molecule has 2 nitrogen and oxygen atoms in total. The highest BCUT2D eigenvalue weighted by Crippen LogP contribution is 1.96. The van der Waals surface area contributed by atoms with Crippen LogP contribution in [0.1, 0.15) is 26.7 Å². The van der Waals surface area contributed by atoms with Crippen LogP contribution in [0.2, 0.25) is 0 Å². The van der Waals surface area contributed by atoms with Gasteiger partial charge in [-0.2, -0.15) is 0 Å². The third-order valence-electron chi connectivity index (χ3n) is 1.14. The second-order valence-corrected chi connectivity index (χ2v) is 2.42. The molecule has 0 aromatic carbocycles. The minimum Gasteiger partial charge on any atom is -0.465 e. The molecule has 0 aromatic rings. The third kappa shape index (κ3) is 4.36. The van der Waals surface area contributed by atoms with Crippen molar-refractivity contribution in [1.29, 1.82) is 0 Å². The van der Waals surface area contributed by atoms with Gasteiger partial charge in [-0.1, -0.05) is 20.3 Å². The molecule has 0 aliphatic carbocycles. The van der Waals surface area contributed by atoms with Crippen LogP contribution >= 0.6 is 0 Å². The number of carbonyl (C=O) groups is 1. The Labute approximate surface area is 62.6 Å². The first kappa shape index (κ1) is 9.47. The molecule has 10 heavy (non-hydrogen) atoms. The molecule has 1 unspecified atom stereocenters. The molecule has 1 atom stereocenters. The molecule has 0 saturated heterocycles. The van der Waals surface area contributed by atoms with Gasteiger partial charge in [0.2, 0.25) is 0 Å². The van der Waals surface area contributed by atoms with E-state index in [2.05, 4.69) is 13.8 Å². The fourth-order valence-electron chi connectivity index (χ4n) is 0.459. The predicted molar refractivity (Wildman–Crippen MR) is 40.4 cm³/mol. The number of hydrogen-bond acceptors (Lipinski definition) is 2. The topological polar surface area (TPSA) is 26.3 Å². The molecular weight excluding hydrogens is 128 g/mol. The summed E-state index contributed by atoms with van der Waals surface area (Å²) in [6.07, 6.45) is 2.00. The number of unbranched alkanes of at least 4 members (excludes halogenated alkanes) is 1. The summed E-state index contributed by atoms with van der Waals surface area (Å²) in [6.45, 7) is 7.87. The number of ether oxygens (including phenoxy) is 1. The summed E-state index contributed by atoms with van der Waals surface area (Å²) in [6, 6.07) is 0. The molecule has 2 heteroatoms. The quantitative estimate of drug-likeness (QED) is 0.443. The molecule has 59 valence electrons. The highest BCUT2D eigenvalue weighted by molar-refractivity contribution is 5.72. The Morgan fingerprint density at radius 1 is 1.70 bits per heavy atom. The van der Waals surface area contributed by atoms with Crippen molar-refractivity contribution < 1.29 is 9.53 Å². The monoisotopic (exact) mass is 143 g/mol. The van der Waals surface area contributed by atoms with E-state index in [1.807, 2.05) is 0 Å². The van der Waals surface area contributed by atoms with Crippen molar-refractivity contribution in [3.05, 3.63) is 6.92 Å². The second kappa shape index (κ2) is 5.27. The number of rotatable bonds is 4. The van der Waals surface area contributed by atoms with Gasteiger partial charge in [-0.15, -0.1) is 0 Å². The van der Waals surface area contributed by atoms with Gasteiger partial charge in [0.05, 0.1) is 12.5 Å². The predicted octanol–water partition coefficient (Wildman–Crippen LogP) is 1.80. The molecular formula is C8H15O2. The molecule has 0 aliphatic rings. The van der Waals surface area contributed by atoms with E-state index in [0.29, 0.717) is 6.61 Å². The zero-order valence-corrected chi connectivity index (χ0v) is 6.72. The van der Waals surface area contributed by atoms with Crippen molar-refractivity contribution in [3.63, 3.8) is 0 Å². The Balaban J connectivity index is 3.22. The van der Waals surface area contributed by atoms with Gasteiger partial charge < -0.3 is 4.74 Å². The highest BCUT2D eigenvalue weighted by atomic mass is 16.5. The first-order valence-corrected chi connectivity index (χ1v) is 3.68. The third-order valence-corrected chi connectivity index (χ3v) is 1.14. The van der Waals surface area contributed by atoms with Crippen LogP contribution in [-0.2, 0) is 9.53 Å².